The van der Waals surface area contributed by atoms with E-state index in [2.05, 4.69) is 20.8 Å². The molecule has 1 atom stereocenters. The number of hydrogen-bond donors (Lipinski definition) is 2. The molecule has 1 aromatic heterocycles. The van der Waals surface area contributed by atoms with Gasteiger partial charge in [0.2, 0.25) is 0 Å². The van der Waals surface area contributed by atoms with E-state index in [-0.39, 0.29) is 18.5 Å². The third kappa shape index (κ3) is 5.36. The summed E-state index contributed by atoms with van der Waals surface area (Å²) in [6.07, 6.45) is 1.66. The fourth-order valence-electron chi connectivity index (χ4n) is 3.12. The fraction of sp³-hybridized carbons (Fsp3) is 0.174. The topological polar surface area (TPSA) is 84.8 Å². The van der Waals surface area contributed by atoms with Gasteiger partial charge >= 0.3 is 6.03 Å². The van der Waals surface area contributed by atoms with Gasteiger partial charge in [-0.3, -0.25) is 5.32 Å². The number of oxime groups is 1. The highest BCUT2D eigenvalue weighted by Crippen LogP contribution is 2.30. The molecule has 8 heteroatoms. The number of rotatable bonds is 7. The van der Waals surface area contributed by atoms with Crippen molar-refractivity contribution >= 4 is 17.6 Å². The van der Waals surface area contributed by atoms with E-state index in [1.165, 1.54) is 18.3 Å². The zero-order valence-electron chi connectivity index (χ0n) is 16.6. The molecule has 0 fully saturated rings. The number of anilines is 1. The Balaban J connectivity index is 1.25. The van der Waals surface area contributed by atoms with Crippen LogP contribution in [0.4, 0.5) is 15.0 Å². The van der Waals surface area contributed by atoms with Crippen LogP contribution in [0.3, 0.4) is 0 Å². The quantitative estimate of drug-likeness (QED) is 0.599. The molecule has 2 N–H and O–H groups in total. The van der Waals surface area contributed by atoms with Crippen molar-refractivity contribution in [2.45, 2.75) is 12.5 Å². The van der Waals surface area contributed by atoms with Crippen molar-refractivity contribution < 1.29 is 18.8 Å². The van der Waals surface area contributed by atoms with E-state index >= 15 is 0 Å². The van der Waals surface area contributed by atoms with E-state index in [0.717, 1.165) is 16.9 Å². The summed E-state index contributed by atoms with van der Waals surface area (Å²) in [6, 6.07) is 19.9. The van der Waals surface area contributed by atoms with Crippen LogP contribution in [0, 0.1) is 5.82 Å². The standard InChI is InChI=1S/C23H21FN4O3/c24-20-10-6-12-25-22(20)27-23(29)26-14-17-13-18(31-28-17)15-30-21-11-5-4-9-19(21)16-7-2-1-3-8-16/h1-12,18H,13-15H2,(H2,25,26,27,29). The predicted octanol–water partition coefficient (Wildman–Crippen LogP) is 4.23. The maximum absolute atomic E-state index is 13.5. The second-order valence-electron chi connectivity index (χ2n) is 6.90. The molecule has 0 bridgehead atoms. The monoisotopic (exact) mass is 420 g/mol. The minimum absolute atomic E-state index is 0.132. The first-order valence-electron chi connectivity index (χ1n) is 9.83. The van der Waals surface area contributed by atoms with Crippen molar-refractivity contribution in [3.63, 3.8) is 0 Å². The number of para-hydroxylation sites is 1. The molecule has 31 heavy (non-hydrogen) atoms. The smallest absolute Gasteiger partial charge is 0.320 e. The number of pyridine rings is 1. The summed E-state index contributed by atoms with van der Waals surface area (Å²) in [5.41, 5.74) is 2.74. The summed E-state index contributed by atoms with van der Waals surface area (Å²) < 4.78 is 19.5. The van der Waals surface area contributed by atoms with Gasteiger partial charge in [-0.25, -0.2) is 14.2 Å². The van der Waals surface area contributed by atoms with Crippen LogP contribution < -0.4 is 15.4 Å². The molecule has 0 saturated carbocycles. The predicted molar refractivity (Wildman–Crippen MR) is 116 cm³/mol. The molecule has 2 amide bonds. The van der Waals surface area contributed by atoms with Gasteiger partial charge in [-0.2, -0.15) is 0 Å². The van der Waals surface area contributed by atoms with E-state index < -0.39 is 11.8 Å². The maximum atomic E-state index is 13.5. The number of carbonyl (C=O) groups is 1. The number of halogens is 1. The van der Waals surface area contributed by atoms with Crippen molar-refractivity contribution in [1.82, 2.24) is 10.3 Å². The SMILES string of the molecule is O=C(NCC1=NOC(COc2ccccc2-c2ccccc2)C1)Nc1ncccc1F. The lowest BCUT2D eigenvalue weighted by molar-refractivity contribution is 0.0472. The summed E-state index contributed by atoms with van der Waals surface area (Å²) in [7, 11) is 0. The molecule has 3 aromatic rings. The summed E-state index contributed by atoms with van der Waals surface area (Å²) >= 11 is 0. The Kier molecular flexibility index (Phi) is 6.37. The van der Waals surface area contributed by atoms with Crippen LogP contribution >= 0.6 is 0 Å². The number of amides is 2. The average molecular weight is 420 g/mol. The number of ether oxygens (including phenoxy) is 1. The second kappa shape index (κ2) is 9.71. The molecule has 1 aliphatic rings. The lowest BCUT2D eigenvalue weighted by Crippen LogP contribution is -2.34. The largest absolute Gasteiger partial charge is 0.489 e. The van der Waals surface area contributed by atoms with Crippen LogP contribution in [0.5, 0.6) is 5.75 Å². The van der Waals surface area contributed by atoms with E-state index in [1.54, 1.807) is 0 Å². The van der Waals surface area contributed by atoms with Gasteiger partial charge in [0.25, 0.3) is 0 Å². The van der Waals surface area contributed by atoms with E-state index in [1.807, 2.05) is 54.6 Å². The van der Waals surface area contributed by atoms with Gasteiger partial charge in [-0.1, -0.05) is 53.7 Å². The zero-order chi connectivity index (χ0) is 21.5. The summed E-state index contributed by atoms with van der Waals surface area (Å²) in [6.45, 7) is 0.500. The lowest BCUT2D eigenvalue weighted by Gasteiger charge is -2.14. The van der Waals surface area contributed by atoms with E-state index in [4.69, 9.17) is 9.57 Å². The third-order valence-corrected chi connectivity index (χ3v) is 4.63. The Morgan fingerprint density at radius 3 is 2.74 bits per heavy atom. The Bertz CT molecular complexity index is 1080. The van der Waals surface area contributed by atoms with Gasteiger partial charge in [-0.15, -0.1) is 0 Å². The molecule has 4 rings (SSSR count). The summed E-state index contributed by atoms with van der Waals surface area (Å²) in [5.74, 6) is 0.0285. The summed E-state index contributed by atoms with van der Waals surface area (Å²) in [5, 5.41) is 8.99. The summed E-state index contributed by atoms with van der Waals surface area (Å²) in [4.78, 5) is 21.1. The number of carbonyl (C=O) groups excluding carboxylic acids is 1. The van der Waals surface area contributed by atoms with E-state index in [0.29, 0.717) is 18.7 Å². The molecule has 0 radical (unpaired) electrons. The van der Waals surface area contributed by atoms with Crippen LogP contribution in [0.15, 0.2) is 78.1 Å². The van der Waals surface area contributed by atoms with Gasteiger partial charge in [0, 0.05) is 18.2 Å². The Morgan fingerprint density at radius 1 is 1.10 bits per heavy atom. The molecule has 1 unspecified atom stereocenters. The third-order valence-electron chi connectivity index (χ3n) is 4.63. The molecule has 0 aliphatic carbocycles. The first-order valence-corrected chi connectivity index (χ1v) is 9.83. The van der Waals surface area contributed by atoms with Crippen molar-refractivity contribution in [2.24, 2.45) is 5.16 Å². The number of urea groups is 1. The highest BCUT2D eigenvalue weighted by atomic mass is 19.1. The first kappa shape index (κ1) is 20.3. The van der Waals surface area contributed by atoms with Crippen LogP contribution in [0.1, 0.15) is 6.42 Å². The number of hydrogen-bond acceptors (Lipinski definition) is 5. The molecular formula is C23H21FN4O3. The first-order chi connectivity index (χ1) is 15.2. The Labute approximate surface area is 178 Å². The van der Waals surface area contributed by atoms with Crippen molar-refractivity contribution in [3.8, 4) is 16.9 Å². The van der Waals surface area contributed by atoms with Crippen molar-refractivity contribution in [2.75, 3.05) is 18.5 Å². The number of nitrogens with one attached hydrogen (secondary N) is 2. The zero-order valence-corrected chi connectivity index (χ0v) is 16.6. The van der Waals surface area contributed by atoms with Crippen molar-refractivity contribution in [1.29, 1.82) is 0 Å². The molecule has 2 aromatic carbocycles. The van der Waals surface area contributed by atoms with Gasteiger partial charge in [0.1, 0.15) is 12.4 Å². The minimum Gasteiger partial charge on any atom is -0.489 e. The molecule has 0 saturated heterocycles. The molecule has 2 heterocycles. The fourth-order valence-corrected chi connectivity index (χ4v) is 3.12. The van der Waals surface area contributed by atoms with Crippen LogP contribution in [0.2, 0.25) is 0 Å². The van der Waals surface area contributed by atoms with Gasteiger partial charge in [0.15, 0.2) is 17.7 Å². The molecule has 0 spiro atoms. The van der Waals surface area contributed by atoms with Crippen LogP contribution in [0.25, 0.3) is 11.1 Å². The number of nitrogens with zero attached hydrogens (tertiary/aromatic N) is 2. The van der Waals surface area contributed by atoms with Crippen LogP contribution in [-0.4, -0.2) is 36.0 Å². The Morgan fingerprint density at radius 2 is 1.90 bits per heavy atom. The van der Waals surface area contributed by atoms with Crippen LogP contribution in [-0.2, 0) is 4.84 Å². The number of aromatic nitrogens is 1. The highest BCUT2D eigenvalue weighted by Gasteiger charge is 2.22. The van der Waals surface area contributed by atoms with Gasteiger partial charge in [0.05, 0.1) is 12.3 Å². The molecule has 158 valence electrons. The van der Waals surface area contributed by atoms with Gasteiger partial charge in [-0.05, 0) is 23.8 Å². The molecule has 7 nitrogen and oxygen atoms in total. The molecule has 1 aliphatic heterocycles. The van der Waals surface area contributed by atoms with E-state index in [9.17, 15) is 9.18 Å². The second-order valence-corrected chi connectivity index (χ2v) is 6.90. The number of benzene rings is 2. The average Bonchev–Trinajstić information content (AvgIpc) is 3.27. The van der Waals surface area contributed by atoms with Crippen molar-refractivity contribution in [3.05, 3.63) is 78.7 Å². The van der Waals surface area contributed by atoms with Gasteiger partial charge < -0.3 is 14.9 Å². The molecular weight excluding hydrogens is 399 g/mol. The lowest BCUT2D eigenvalue weighted by atomic mass is 10.0. The normalized spacial score (nSPS) is 15.0. The maximum Gasteiger partial charge on any atom is 0.320 e. The highest BCUT2D eigenvalue weighted by molar-refractivity contribution is 5.94. The minimum atomic E-state index is -0.604. The Hall–Kier alpha value is -3.94.